The summed E-state index contributed by atoms with van der Waals surface area (Å²) in [7, 11) is 0. The molecule has 6 heteroatoms. The van der Waals surface area contributed by atoms with Crippen LogP contribution in [0.2, 0.25) is 5.02 Å². The van der Waals surface area contributed by atoms with Gasteiger partial charge in [0.05, 0.1) is 0 Å². The number of nitrogens with one attached hydrogen (secondary N) is 1. The van der Waals surface area contributed by atoms with E-state index in [0.29, 0.717) is 24.3 Å². The van der Waals surface area contributed by atoms with Crippen molar-refractivity contribution in [3.05, 3.63) is 70.7 Å². The number of primary amides is 1. The second kappa shape index (κ2) is 12.3. The highest BCUT2D eigenvalue weighted by Gasteiger charge is 2.27. The lowest BCUT2D eigenvalue weighted by Gasteiger charge is -2.22. The van der Waals surface area contributed by atoms with E-state index in [-0.39, 0.29) is 30.4 Å². The van der Waals surface area contributed by atoms with Crippen molar-refractivity contribution in [2.45, 2.75) is 52.0 Å². The summed E-state index contributed by atoms with van der Waals surface area (Å²) in [6.07, 6.45) is 1.96. The molecule has 0 radical (unpaired) electrons. The van der Waals surface area contributed by atoms with Crippen molar-refractivity contribution in [2.75, 3.05) is 0 Å². The number of carbonyl (C=O) groups excluding carboxylic acids is 3. The Morgan fingerprint density at radius 1 is 0.968 bits per heavy atom. The van der Waals surface area contributed by atoms with E-state index in [4.69, 9.17) is 17.3 Å². The van der Waals surface area contributed by atoms with Gasteiger partial charge in [0.2, 0.25) is 11.8 Å². The maximum absolute atomic E-state index is 12.9. The van der Waals surface area contributed by atoms with Gasteiger partial charge in [-0.1, -0.05) is 67.9 Å². The van der Waals surface area contributed by atoms with Gasteiger partial charge in [-0.25, -0.2) is 0 Å². The smallest absolute Gasteiger partial charge is 0.240 e. The van der Waals surface area contributed by atoms with Crippen LogP contribution in [-0.2, 0) is 27.2 Å². The topological polar surface area (TPSA) is 89.3 Å². The third-order valence-electron chi connectivity index (χ3n) is 5.14. The van der Waals surface area contributed by atoms with Gasteiger partial charge in [0.1, 0.15) is 11.8 Å². The van der Waals surface area contributed by atoms with Crippen LogP contribution in [0, 0.1) is 11.8 Å². The van der Waals surface area contributed by atoms with Gasteiger partial charge in [-0.3, -0.25) is 14.4 Å². The van der Waals surface area contributed by atoms with Crippen molar-refractivity contribution in [1.29, 1.82) is 0 Å². The number of hydrogen-bond donors (Lipinski definition) is 2. The number of ketones is 1. The zero-order valence-electron chi connectivity index (χ0n) is 18.1. The molecule has 2 aromatic carbocycles. The standard InChI is InChI=1S/C25H31ClN2O3/c1-17(2)14-20(16-22(29)15-19-8-11-21(26)12-9-19)25(31)28-23(24(27)30)13-10-18-6-4-3-5-7-18/h3-9,11-12,17,20,23H,10,13-16H2,1-2H3,(H2,27,30)(H,28,31). The van der Waals surface area contributed by atoms with E-state index >= 15 is 0 Å². The van der Waals surface area contributed by atoms with Crippen LogP contribution < -0.4 is 11.1 Å². The molecule has 5 nitrogen and oxygen atoms in total. The molecule has 0 bridgehead atoms. The number of hydrogen-bond acceptors (Lipinski definition) is 3. The maximum atomic E-state index is 12.9. The van der Waals surface area contributed by atoms with Gasteiger partial charge in [0.25, 0.3) is 0 Å². The minimum atomic E-state index is -0.770. The van der Waals surface area contributed by atoms with Gasteiger partial charge in [0.15, 0.2) is 0 Å². The normalized spacial score (nSPS) is 12.9. The van der Waals surface area contributed by atoms with Crippen LogP contribution in [0.4, 0.5) is 0 Å². The predicted molar refractivity (Wildman–Crippen MR) is 124 cm³/mol. The number of nitrogens with two attached hydrogens (primary N) is 1. The molecule has 0 spiro atoms. The fourth-order valence-corrected chi connectivity index (χ4v) is 3.69. The maximum Gasteiger partial charge on any atom is 0.240 e. The highest BCUT2D eigenvalue weighted by atomic mass is 35.5. The number of benzene rings is 2. The molecular weight excluding hydrogens is 412 g/mol. The Labute approximate surface area is 189 Å². The summed E-state index contributed by atoms with van der Waals surface area (Å²) < 4.78 is 0. The molecule has 0 saturated heterocycles. The van der Waals surface area contributed by atoms with Crippen molar-refractivity contribution >= 4 is 29.2 Å². The van der Waals surface area contributed by atoms with E-state index in [1.165, 1.54) is 0 Å². The largest absolute Gasteiger partial charge is 0.368 e. The van der Waals surface area contributed by atoms with Crippen molar-refractivity contribution in [2.24, 2.45) is 17.6 Å². The molecule has 0 heterocycles. The molecule has 2 rings (SSSR count). The van der Waals surface area contributed by atoms with Gasteiger partial charge < -0.3 is 11.1 Å². The summed E-state index contributed by atoms with van der Waals surface area (Å²) in [6, 6.07) is 16.1. The molecule has 31 heavy (non-hydrogen) atoms. The quantitative estimate of drug-likeness (QED) is 0.518. The Kier molecular flexibility index (Phi) is 9.73. The first-order valence-corrected chi connectivity index (χ1v) is 11.0. The molecule has 0 aliphatic carbocycles. The summed E-state index contributed by atoms with van der Waals surface area (Å²) >= 11 is 5.89. The molecule has 2 aromatic rings. The summed E-state index contributed by atoms with van der Waals surface area (Å²) in [5.74, 6) is -1.16. The average molecular weight is 443 g/mol. The Hall–Kier alpha value is -2.66. The van der Waals surface area contributed by atoms with E-state index in [2.05, 4.69) is 5.32 Å². The Morgan fingerprint density at radius 3 is 2.19 bits per heavy atom. The van der Waals surface area contributed by atoms with Crippen molar-refractivity contribution in [3.8, 4) is 0 Å². The average Bonchev–Trinajstić information content (AvgIpc) is 2.72. The molecule has 2 amide bonds. The number of halogens is 1. The summed E-state index contributed by atoms with van der Waals surface area (Å²) in [5.41, 5.74) is 7.46. The number of Topliss-reactive ketones (excluding diaryl/α,β-unsaturated/α-hetero) is 1. The molecule has 166 valence electrons. The number of aryl methyl sites for hydroxylation is 1. The minimum absolute atomic E-state index is 0.0250. The highest BCUT2D eigenvalue weighted by Crippen LogP contribution is 2.19. The van der Waals surface area contributed by atoms with Crippen LogP contribution >= 0.6 is 11.6 Å². The second-order valence-corrected chi connectivity index (χ2v) is 8.80. The van der Waals surface area contributed by atoms with Crippen LogP contribution in [-0.4, -0.2) is 23.6 Å². The van der Waals surface area contributed by atoms with E-state index in [0.717, 1.165) is 11.1 Å². The van der Waals surface area contributed by atoms with E-state index in [1.807, 2.05) is 56.3 Å². The Bertz CT molecular complexity index is 866. The molecule has 3 N–H and O–H groups in total. The first-order valence-electron chi connectivity index (χ1n) is 10.6. The van der Waals surface area contributed by atoms with Gasteiger partial charge in [0, 0.05) is 23.8 Å². The zero-order chi connectivity index (χ0) is 22.8. The van der Waals surface area contributed by atoms with Crippen LogP contribution in [0.5, 0.6) is 0 Å². The zero-order valence-corrected chi connectivity index (χ0v) is 18.9. The van der Waals surface area contributed by atoms with Gasteiger partial charge in [-0.15, -0.1) is 0 Å². The fourth-order valence-electron chi connectivity index (χ4n) is 3.56. The molecule has 0 aliphatic rings. The monoisotopic (exact) mass is 442 g/mol. The molecule has 0 fully saturated rings. The lowest BCUT2D eigenvalue weighted by atomic mass is 9.89. The van der Waals surface area contributed by atoms with Crippen molar-refractivity contribution < 1.29 is 14.4 Å². The van der Waals surface area contributed by atoms with Crippen LogP contribution in [0.25, 0.3) is 0 Å². The second-order valence-electron chi connectivity index (χ2n) is 8.36. The lowest BCUT2D eigenvalue weighted by Crippen LogP contribution is -2.47. The first-order chi connectivity index (χ1) is 14.7. The van der Waals surface area contributed by atoms with E-state index < -0.39 is 17.9 Å². The van der Waals surface area contributed by atoms with E-state index in [1.54, 1.807) is 12.1 Å². The highest BCUT2D eigenvalue weighted by molar-refractivity contribution is 6.30. The predicted octanol–water partition coefficient (Wildman–Crippen LogP) is 4.11. The summed E-state index contributed by atoms with van der Waals surface area (Å²) in [5, 5.41) is 3.40. The summed E-state index contributed by atoms with van der Waals surface area (Å²) in [6.45, 7) is 4.01. The Balaban J connectivity index is 1.99. The third kappa shape index (κ3) is 8.93. The van der Waals surface area contributed by atoms with Crippen molar-refractivity contribution in [1.82, 2.24) is 5.32 Å². The van der Waals surface area contributed by atoms with Gasteiger partial charge in [-0.05, 0) is 48.4 Å². The number of amides is 2. The van der Waals surface area contributed by atoms with E-state index in [9.17, 15) is 14.4 Å². The molecular formula is C25H31ClN2O3. The van der Waals surface area contributed by atoms with Gasteiger partial charge >= 0.3 is 0 Å². The minimum Gasteiger partial charge on any atom is -0.368 e. The van der Waals surface area contributed by atoms with Crippen LogP contribution in [0.1, 0.15) is 44.2 Å². The molecule has 0 saturated carbocycles. The molecule has 0 aliphatic heterocycles. The first kappa shape index (κ1) is 24.6. The van der Waals surface area contributed by atoms with Gasteiger partial charge in [-0.2, -0.15) is 0 Å². The SMILES string of the molecule is CC(C)CC(CC(=O)Cc1ccc(Cl)cc1)C(=O)NC(CCc1ccccc1)C(N)=O. The molecule has 2 atom stereocenters. The number of carbonyl (C=O) groups is 3. The molecule has 2 unspecified atom stereocenters. The molecule has 0 aromatic heterocycles. The van der Waals surface area contributed by atoms with Crippen molar-refractivity contribution in [3.63, 3.8) is 0 Å². The van der Waals surface area contributed by atoms with Crippen LogP contribution in [0.3, 0.4) is 0 Å². The third-order valence-corrected chi connectivity index (χ3v) is 5.39. The van der Waals surface area contributed by atoms with Crippen LogP contribution in [0.15, 0.2) is 54.6 Å². The fraction of sp³-hybridized carbons (Fsp3) is 0.400. The Morgan fingerprint density at radius 2 is 1.61 bits per heavy atom. The number of rotatable bonds is 12. The summed E-state index contributed by atoms with van der Waals surface area (Å²) in [4.78, 5) is 37.5. The lowest BCUT2D eigenvalue weighted by molar-refractivity contribution is -0.132.